The molecular weight excluding hydrogens is 244 g/mol. The SMILES string of the molecule is CCCc1nc(NC)cc(NC(C)CCSC)n1. The van der Waals surface area contributed by atoms with E-state index in [-0.39, 0.29) is 0 Å². The summed E-state index contributed by atoms with van der Waals surface area (Å²) in [5.74, 6) is 3.88. The Kier molecular flexibility index (Phi) is 6.86. The molecule has 1 aromatic heterocycles. The van der Waals surface area contributed by atoms with E-state index in [1.54, 1.807) is 0 Å². The van der Waals surface area contributed by atoms with Crippen LogP contribution >= 0.6 is 11.8 Å². The minimum Gasteiger partial charge on any atom is -0.373 e. The van der Waals surface area contributed by atoms with Gasteiger partial charge in [-0.25, -0.2) is 9.97 Å². The molecular formula is C13H24N4S. The van der Waals surface area contributed by atoms with Crippen molar-refractivity contribution in [1.82, 2.24) is 9.97 Å². The van der Waals surface area contributed by atoms with Gasteiger partial charge < -0.3 is 10.6 Å². The van der Waals surface area contributed by atoms with Crippen LogP contribution in [0.2, 0.25) is 0 Å². The van der Waals surface area contributed by atoms with Crippen LogP contribution in [0.15, 0.2) is 6.07 Å². The fourth-order valence-electron chi connectivity index (χ4n) is 1.65. The number of aryl methyl sites for hydroxylation is 1. The number of thioether (sulfide) groups is 1. The molecule has 0 aliphatic rings. The summed E-state index contributed by atoms with van der Waals surface area (Å²) in [7, 11) is 1.89. The van der Waals surface area contributed by atoms with Crippen molar-refractivity contribution in [3.63, 3.8) is 0 Å². The molecule has 0 aromatic carbocycles. The molecule has 1 rings (SSSR count). The third kappa shape index (κ3) is 5.12. The molecule has 1 atom stereocenters. The molecule has 1 unspecified atom stereocenters. The summed E-state index contributed by atoms with van der Waals surface area (Å²) < 4.78 is 0. The van der Waals surface area contributed by atoms with E-state index in [1.807, 2.05) is 24.9 Å². The summed E-state index contributed by atoms with van der Waals surface area (Å²) >= 11 is 1.87. The fraction of sp³-hybridized carbons (Fsp3) is 0.692. The third-order valence-corrected chi connectivity index (χ3v) is 3.30. The molecule has 0 fully saturated rings. The topological polar surface area (TPSA) is 49.8 Å². The minimum atomic E-state index is 0.437. The van der Waals surface area contributed by atoms with Crippen molar-refractivity contribution in [2.24, 2.45) is 0 Å². The molecule has 0 saturated carbocycles. The van der Waals surface area contributed by atoms with Crippen molar-refractivity contribution in [3.05, 3.63) is 11.9 Å². The van der Waals surface area contributed by atoms with E-state index in [9.17, 15) is 0 Å². The Bertz CT molecular complexity index is 357. The maximum atomic E-state index is 4.55. The monoisotopic (exact) mass is 268 g/mol. The Morgan fingerprint density at radius 3 is 2.67 bits per heavy atom. The first-order chi connectivity index (χ1) is 8.69. The highest BCUT2D eigenvalue weighted by atomic mass is 32.2. The van der Waals surface area contributed by atoms with Crippen molar-refractivity contribution in [2.45, 2.75) is 39.2 Å². The second kappa shape index (κ2) is 8.19. The van der Waals surface area contributed by atoms with Gasteiger partial charge in [-0.3, -0.25) is 0 Å². The molecule has 18 heavy (non-hydrogen) atoms. The molecule has 0 spiro atoms. The van der Waals surface area contributed by atoms with Crippen LogP contribution in [0.25, 0.3) is 0 Å². The molecule has 0 saturated heterocycles. The molecule has 1 heterocycles. The van der Waals surface area contributed by atoms with Crippen LogP contribution in [-0.2, 0) is 6.42 Å². The quantitative estimate of drug-likeness (QED) is 0.759. The van der Waals surface area contributed by atoms with Crippen LogP contribution in [-0.4, -0.2) is 35.1 Å². The van der Waals surface area contributed by atoms with Gasteiger partial charge in [0.15, 0.2) is 0 Å². The molecule has 0 aliphatic heterocycles. The number of rotatable bonds is 8. The van der Waals surface area contributed by atoms with Gasteiger partial charge >= 0.3 is 0 Å². The molecule has 0 aliphatic carbocycles. The van der Waals surface area contributed by atoms with Crippen LogP contribution in [0.4, 0.5) is 11.6 Å². The van der Waals surface area contributed by atoms with Crippen LogP contribution in [0.1, 0.15) is 32.5 Å². The molecule has 102 valence electrons. The van der Waals surface area contributed by atoms with Crippen LogP contribution < -0.4 is 10.6 Å². The predicted molar refractivity (Wildman–Crippen MR) is 81.7 cm³/mol. The second-order valence-electron chi connectivity index (χ2n) is 4.38. The van der Waals surface area contributed by atoms with E-state index in [1.165, 1.54) is 5.75 Å². The van der Waals surface area contributed by atoms with Gasteiger partial charge in [0.2, 0.25) is 0 Å². The Morgan fingerprint density at radius 2 is 2.06 bits per heavy atom. The van der Waals surface area contributed by atoms with E-state index >= 15 is 0 Å². The highest BCUT2D eigenvalue weighted by molar-refractivity contribution is 7.98. The van der Waals surface area contributed by atoms with Gasteiger partial charge in [0.1, 0.15) is 17.5 Å². The van der Waals surface area contributed by atoms with Gasteiger partial charge in [0.05, 0.1) is 0 Å². The standard InChI is InChI=1S/C13H24N4S/c1-5-6-11-16-12(14-3)9-13(17-11)15-10(2)7-8-18-4/h9-10H,5-8H2,1-4H3,(H2,14,15,16,17). The van der Waals surface area contributed by atoms with Crippen molar-refractivity contribution in [2.75, 3.05) is 29.7 Å². The third-order valence-electron chi connectivity index (χ3n) is 2.65. The molecule has 0 amide bonds. The van der Waals surface area contributed by atoms with Gasteiger partial charge in [0, 0.05) is 25.6 Å². The lowest BCUT2D eigenvalue weighted by Gasteiger charge is -2.15. The summed E-state index contributed by atoms with van der Waals surface area (Å²) in [6.07, 6.45) is 5.26. The fourth-order valence-corrected chi connectivity index (χ4v) is 2.24. The van der Waals surface area contributed by atoms with Crippen LogP contribution in [0.3, 0.4) is 0 Å². The Balaban J connectivity index is 2.71. The van der Waals surface area contributed by atoms with E-state index < -0.39 is 0 Å². The highest BCUT2D eigenvalue weighted by Gasteiger charge is 2.06. The largest absolute Gasteiger partial charge is 0.373 e. The lowest BCUT2D eigenvalue weighted by Crippen LogP contribution is -2.17. The molecule has 0 bridgehead atoms. The van der Waals surface area contributed by atoms with Gasteiger partial charge in [-0.2, -0.15) is 11.8 Å². The smallest absolute Gasteiger partial charge is 0.133 e. The minimum absolute atomic E-state index is 0.437. The zero-order chi connectivity index (χ0) is 13.4. The molecule has 2 N–H and O–H groups in total. The summed E-state index contributed by atoms with van der Waals surface area (Å²) in [4.78, 5) is 8.99. The van der Waals surface area contributed by atoms with E-state index in [0.717, 1.165) is 36.7 Å². The summed E-state index contributed by atoms with van der Waals surface area (Å²) in [6, 6.07) is 2.40. The summed E-state index contributed by atoms with van der Waals surface area (Å²) in [6.45, 7) is 4.33. The number of hydrogen-bond acceptors (Lipinski definition) is 5. The maximum Gasteiger partial charge on any atom is 0.133 e. The van der Waals surface area contributed by atoms with E-state index in [4.69, 9.17) is 0 Å². The van der Waals surface area contributed by atoms with Gasteiger partial charge in [-0.1, -0.05) is 6.92 Å². The molecule has 5 heteroatoms. The van der Waals surface area contributed by atoms with E-state index in [2.05, 4.69) is 40.7 Å². The Morgan fingerprint density at radius 1 is 1.33 bits per heavy atom. The second-order valence-corrected chi connectivity index (χ2v) is 5.37. The number of anilines is 2. The molecule has 1 aromatic rings. The Hall–Kier alpha value is -0.970. The molecule has 0 radical (unpaired) electrons. The normalized spacial score (nSPS) is 12.2. The van der Waals surface area contributed by atoms with Gasteiger partial charge in [0.25, 0.3) is 0 Å². The maximum absolute atomic E-state index is 4.55. The average Bonchev–Trinajstić information content (AvgIpc) is 2.36. The van der Waals surface area contributed by atoms with Crippen molar-refractivity contribution in [1.29, 1.82) is 0 Å². The van der Waals surface area contributed by atoms with Crippen molar-refractivity contribution in [3.8, 4) is 0 Å². The summed E-state index contributed by atoms with van der Waals surface area (Å²) in [5, 5.41) is 6.53. The summed E-state index contributed by atoms with van der Waals surface area (Å²) in [5.41, 5.74) is 0. The predicted octanol–water partition coefficient (Wildman–Crippen LogP) is 3.02. The lowest BCUT2D eigenvalue weighted by atomic mass is 10.2. The highest BCUT2D eigenvalue weighted by Crippen LogP contribution is 2.14. The zero-order valence-electron chi connectivity index (χ0n) is 11.8. The number of nitrogens with zero attached hydrogens (tertiary/aromatic N) is 2. The van der Waals surface area contributed by atoms with Crippen LogP contribution in [0.5, 0.6) is 0 Å². The van der Waals surface area contributed by atoms with E-state index in [0.29, 0.717) is 6.04 Å². The first-order valence-electron chi connectivity index (χ1n) is 6.50. The number of hydrogen-bond donors (Lipinski definition) is 2. The average molecular weight is 268 g/mol. The van der Waals surface area contributed by atoms with Gasteiger partial charge in [-0.05, 0) is 31.8 Å². The van der Waals surface area contributed by atoms with Crippen LogP contribution in [0, 0.1) is 0 Å². The van der Waals surface area contributed by atoms with Crippen molar-refractivity contribution >= 4 is 23.4 Å². The lowest BCUT2D eigenvalue weighted by molar-refractivity contribution is 0.759. The zero-order valence-corrected chi connectivity index (χ0v) is 12.6. The van der Waals surface area contributed by atoms with Gasteiger partial charge in [-0.15, -0.1) is 0 Å². The first kappa shape index (κ1) is 15.1. The molecule has 4 nitrogen and oxygen atoms in total. The Labute approximate surface area is 114 Å². The van der Waals surface area contributed by atoms with Crippen molar-refractivity contribution < 1.29 is 0 Å². The first-order valence-corrected chi connectivity index (χ1v) is 7.90. The number of nitrogens with one attached hydrogen (secondary N) is 2. The number of aromatic nitrogens is 2.